The number of benzene rings is 1. The van der Waals surface area contributed by atoms with Crippen molar-refractivity contribution in [3.8, 4) is 0 Å². The lowest BCUT2D eigenvalue weighted by atomic mass is 9.69. The Kier molecular flexibility index (Phi) is 9.54. The summed E-state index contributed by atoms with van der Waals surface area (Å²) in [5, 5.41) is 12.9. The van der Waals surface area contributed by atoms with Crippen molar-refractivity contribution in [1.82, 2.24) is 4.90 Å². The summed E-state index contributed by atoms with van der Waals surface area (Å²) in [6, 6.07) is 6.25. The van der Waals surface area contributed by atoms with Crippen LogP contribution >= 0.6 is 0 Å². The number of carbonyl (C=O) groups excluding carboxylic acids is 3. The smallest absolute Gasteiger partial charge is 0.310 e. The molecule has 2 N–H and O–H groups in total. The summed E-state index contributed by atoms with van der Waals surface area (Å²) in [7, 11) is 0. The fraction of sp³-hybridized carbons (Fsp3) is 0.607. The maximum Gasteiger partial charge on any atom is 0.310 e. The standard InChI is InChI=1S/C28H41N3O5/c1-6-10-19-11-16-22-24(23(19)28(35)36-9-4)27(34)31(18(5)17-32)25(22)26(33)29-20-12-14-21(15-13-20)30(7-2)8-3/h11-16,18-19,22-25,32H,6-10,17H2,1-5H3,(H,29,33)/t18-,19-,22+,23-,24+,25+/m1/s1. The van der Waals surface area contributed by atoms with Crippen molar-refractivity contribution in [2.45, 2.75) is 59.5 Å². The number of likely N-dealkylation sites (tertiary alicyclic amines) is 1. The highest BCUT2D eigenvalue weighted by molar-refractivity contribution is 6.01. The SMILES string of the molecule is CCC[C@@H]1C=C[C@H]2[C@H](C(=O)N([C@H](C)CO)[C@@H]2C(=O)Nc2ccc(N(CC)CC)cc2)[C@@H]1C(=O)OCC. The summed E-state index contributed by atoms with van der Waals surface area (Å²) in [6.45, 7) is 11.4. The number of aliphatic hydroxyl groups excluding tert-OH is 1. The van der Waals surface area contributed by atoms with Crippen LogP contribution in [0.15, 0.2) is 36.4 Å². The molecular weight excluding hydrogens is 458 g/mol. The molecule has 1 saturated heterocycles. The zero-order valence-electron chi connectivity index (χ0n) is 22.1. The van der Waals surface area contributed by atoms with Crippen molar-refractivity contribution in [2.75, 3.05) is 36.5 Å². The molecular formula is C28H41N3O5. The predicted octanol–water partition coefficient (Wildman–Crippen LogP) is 3.46. The van der Waals surface area contributed by atoms with Crippen molar-refractivity contribution in [1.29, 1.82) is 0 Å². The van der Waals surface area contributed by atoms with Crippen LogP contribution < -0.4 is 10.2 Å². The number of anilines is 2. The van der Waals surface area contributed by atoms with E-state index in [9.17, 15) is 19.5 Å². The Labute approximate surface area is 214 Å². The van der Waals surface area contributed by atoms with E-state index in [0.29, 0.717) is 5.69 Å². The Morgan fingerprint density at radius 1 is 1.11 bits per heavy atom. The van der Waals surface area contributed by atoms with Gasteiger partial charge in [-0.3, -0.25) is 14.4 Å². The van der Waals surface area contributed by atoms with Crippen LogP contribution in [-0.2, 0) is 19.1 Å². The summed E-state index contributed by atoms with van der Waals surface area (Å²) in [5.41, 5.74) is 1.70. The second kappa shape index (κ2) is 12.4. The monoisotopic (exact) mass is 499 g/mol. The molecule has 3 rings (SSSR count). The quantitative estimate of drug-likeness (QED) is 0.357. The maximum atomic E-state index is 13.7. The molecule has 198 valence electrons. The number of allylic oxidation sites excluding steroid dienone is 1. The van der Waals surface area contributed by atoms with Gasteiger partial charge in [-0.05, 0) is 64.3 Å². The molecule has 0 radical (unpaired) electrons. The molecule has 1 aromatic carbocycles. The Balaban J connectivity index is 1.93. The number of rotatable bonds is 11. The molecule has 1 aromatic rings. The zero-order valence-corrected chi connectivity index (χ0v) is 22.1. The van der Waals surface area contributed by atoms with Crippen LogP contribution in [0.1, 0.15) is 47.5 Å². The van der Waals surface area contributed by atoms with Crippen LogP contribution in [-0.4, -0.2) is 66.2 Å². The first-order valence-corrected chi connectivity index (χ1v) is 13.3. The van der Waals surface area contributed by atoms with Crippen molar-refractivity contribution < 1.29 is 24.2 Å². The molecule has 2 aliphatic rings. The van der Waals surface area contributed by atoms with Crippen LogP contribution in [0.3, 0.4) is 0 Å². The Bertz CT molecular complexity index is 943. The summed E-state index contributed by atoms with van der Waals surface area (Å²) < 4.78 is 5.38. The third kappa shape index (κ3) is 5.43. The van der Waals surface area contributed by atoms with E-state index in [1.807, 2.05) is 43.3 Å². The molecule has 0 unspecified atom stereocenters. The number of ether oxygens (including phenoxy) is 1. The molecule has 1 aliphatic heterocycles. The van der Waals surface area contributed by atoms with Gasteiger partial charge in [-0.2, -0.15) is 0 Å². The van der Waals surface area contributed by atoms with E-state index < -0.39 is 35.8 Å². The molecule has 1 fully saturated rings. The molecule has 0 aromatic heterocycles. The zero-order chi connectivity index (χ0) is 26.4. The summed E-state index contributed by atoms with van der Waals surface area (Å²) in [4.78, 5) is 44.1. The molecule has 1 aliphatic carbocycles. The fourth-order valence-electron chi connectivity index (χ4n) is 5.74. The van der Waals surface area contributed by atoms with Crippen LogP contribution in [0.5, 0.6) is 0 Å². The number of hydrogen-bond donors (Lipinski definition) is 2. The Hall–Kier alpha value is -2.87. The first-order valence-electron chi connectivity index (χ1n) is 13.3. The highest BCUT2D eigenvalue weighted by Gasteiger charge is 2.58. The Morgan fingerprint density at radius 2 is 1.78 bits per heavy atom. The van der Waals surface area contributed by atoms with E-state index in [1.54, 1.807) is 13.8 Å². The molecule has 8 heteroatoms. The van der Waals surface area contributed by atoms with Gasteiger partial charge in [0.05, 0.1) is 31.1 Å². The minimum atomic E-state index is -0.831. The minimum Gasteiger partial charge on any atom is -0.466 e. The van der Waals surface area contributed by atoms with Gasteiger partial charge in [0.25, 0.3) is 0 Å². The highest BCUT2D eigenvalue weighted by Crippen LogP contribution is 2.46. The molecule has 6 atom stereocenters. The summed E-state index contributed by atoms with van der Waals surface area (Å²) >= 11 is 0. The van der Waals surface area contributed by atoms with Gasteiger partial charge in [0.2, 0.25) is 11.8 Å². The summed E-state index contributed by atoms with van der Waals surface area (Å²) in [6.07, 6.45) is 5.52. The van der Waals surface area contributed by atoms with Gasteiger partial charge < -0.3 is 25.0 Å². The molecule has 0 saturated carbocycles. The number of fused-ring (bicyclic) bond motifs is 1. The lowest BCUT2D eigenvalue weighted by Gasteiger charge is -2.34. The van der Waals surface area contributed by atoms with Crippen molar-refractivity contribution >= 4 is 29.2 Å². The van der Waals surface area contributed by atoms with Crippen molar-refractivity contribution in [3.63, 3.8) is 0 Å². The van der Waals surface area contributed by atoms with Crippen molar-refractivity contribution in [2.24, 2.45) is 23.7 Å². The van der Waals surface area contributed by atoms with E-state index >= 15 is 0 Å². The molecule has 2 amide bonds. The van der Waals surface area contributed by atoms with Crippen molar-refractivity contribution in [3.05, 3.63) is 36.4 Å². The number of nitrogens with one attached hydrogen (secondary N) is 1. The average molecular weight is 500 g/mol. The number of amides is 2. The maximum absolute atomic E-state index is 13.7. The third-order valence-electron chi connectivity index (χ3n) is 7.50. The van der Waals surface area contributed by atoms with Crippen LogP contribution in [0.4, 0.5) is 11.4 Å². The molecule has 0 spiro atoms. The lowest BCUT2D eigenvalue weighted by Crippen LogP contribution is -2.49. The van der Waals surface area contributed by atoms with E-state index in [1.165, 1.54) is 4.90 Å². The van der Waals surface area contributed by atoms with Gasteiger partial charge in [0.1, 0.15) is 6.04 Å². The molecule has 36 heavy (non-hydrogen) atoms. The number of nitrogens with zero attached hydrogens (tertiary/aromatic N) is 2. The third-order valence-corrected chi connectivity index (χ3v) is 7.50. The summed E-state index contributed by atoms with van der Waals surface area (Å²) in [5.74, 6) is -2.94. The Morgan fingerprint density at radius 3 is 2.33 bits per heavy atom. The van der Waals surface area contributed by atoms with E-state index in [4.69, 9.17) is 4.74 Å². The number of esters is 1. The largest absolute Gasteiger partial charge is 0.466 e. The topological polar surface area (TPSA) is 99.2 Å². The van der Waals surface area contributed by atoms with E-state index in [0.717, 1.165) is 31.6 Å². The van der Waals surface area contributed by atoms with Crippen LogP contribution in [0.25, 0.3) is 0 Å². The highest BCUT2D eigenvalue weighted by atomic mass is 16.5. The molecule has 1 heterocycles. The fourth-order valence-corrected chi connectivity index (χ4v) is 5.74. The van der Waals surface area contributed by atoms with E-state index in [2.05, 4.69) is 24.1 Å². The first-order chi connectivity index (χ1) is 17.3. The lowest BCUT2D eigenvalue weighted by molar-refractivity contribution is -0.156. The number of hydrogen-bond acceptors (Lipinski definition) is 6. The van der Waals surface area contributed by atoms with Gasteiger partial charge in [0.15, 0.2) is 0 Å². The number of aliphatic hydroxyl groups is 1. The van der Waals surface area contributed by atoms with E-state index in [-0.39, 0.29) is 30.9 Å². The average Bonchev–Trinajstić information content (AvgIpc) is 3.18. The minimum absolute atomic E-state index is 0.125. The van der Waals surface area contributed by atoms with Gasteiger partial charge in [-0.25, -0.2) is 0 Å². The second-order valence-electron chi connectivity index (χ2n) is 9.65. The van der Waals surface area contributed by atoms with Gasteiger partial charge >= 0.3 is 5.97 Å². The number of carbonyl (C=O) groups is 3. The van der Waals surface area contributed by atoms with Crippen LogP contribution in [0, 0.1) is 23.7 Å². The van der Waals surface area contributed by atoms with Gasteiger partial charge in [0, 0.05) is 30.4 Å². The van der Waals surface area contributed by atoms with Crippen LogP contribution in [0.2, 0.25) is 0 Å². The second-order valence-corrected chi connectivity index (χ2v) is 9.65. The predicted molar refractivity (Wildman–Crippen MR) is 140 cm³/mol. The molecule has 8 nitrogen and oxygen atoms in total. The normalized spacial score (nSPS) is 25.9. The first kappa shape index (κ1) is 27.7. The van der Waals surface area contributed by atoms with Gasteiger partial charge in [-0.15, -0.1) is 0 Å². The molecule has 0 bridgehead atoms. The van der Waals surface area contributed by atoms with Gasteiger partial charge in [-0.1, -0.05) is 25.5 Å².